The van der Waals surface area contributed by atoms with Crippen LogP contribution >= 0.6 is 0 Å². The van der Waals surface area contributed by atoms with Crippen LogP contribution in [0.4, 0.5) is 0 Å². The molecule has 1 saturated carbocycles. The van der Waals surface area contributed by atoms with E-state index in [0.717, 1.165) is 17.7 Å². The van der Waals surface area contributed by atoms with Crippen LogP contribution in [0.2, 0.25) is 0 Å². The lowest BCUT2D eigenvalue weighted by atomic mass is 10.2. The molecular weight excluding hydrogens is 268 g/mol. The Labute approximate surface area is 126 Å². The van der Waals surface area contributed by atoms with Crippen molar-refractivity contribution in [3.05, 3.63) is 29.8 Å². The SMILES string of the molecule is COc1ccc(COCC2CC2C(=O)OC(C)(C)C)cc1. The average Bonchev–Trinajstić information content (AvgIpc) is 3.17. The van der Waals surface area contributed by atoms with Crippen molar-refractivity contribution in [3.63, 3.8) is 0 Å². The highest BCUT2D eigenvalue weighted by atomic mass is 16.6. The Bertz CT molecular complexity index is 473. The lowest BCUT2D eigenvalue weighted by molar-refractivity contribution is -0.157. The number of hydrogen-bond acceptors (Lipinski definition) is 4. The molecule has 0 saturated heterocycles. The highest BCUT2D eigenvalue weighted by molar-refractivity contribution is 5.76. The number of carbonyl (C=O) groups is 1. The lowest BCUT2D eigenvalue weighted by Gasteiger charge is -2.19. The summed E-state index contributed by atoms with van der Waals surface area (Å²) in [6, 6.07) is 7.80. The zero-order valence-corrected chi connectivity index (χ0v) is 13.2. The van der Waals surface area contributed by atoms with Gasteiger partial charge in [0, 0.05) is 0 Å². The molecule has 0 N–H and O–H groups in total. The quantitative estimate of drug-likeness (QED) is 0.755. The molecule has 0 aliphatic heterocycles. The van der Waals surface area contributed by atoms with Gasteiger partial charge in [-0.05, 0) is 50.8 Å². The van der Waals surface area contributed by atoms with Crippen LogP contribution in [-0.2, 0) is 20.9 Å². The van der Waals surface area contributed by atoms with E-state index in [1.54, 1.807) is 7.11 Å². The third-order valence-corrected chi connectivity index (χ3v) is 3.39. The number of carbonyl (C=O) groups excluding carboxylic acids is 1. The fourth-order valence-corrected chi connectivity index (χ4v) is 2.15. The molecule has 1 fully saturated rings. The van der Waals surface area contributed by atoms with Gasteiger partial charge in [0.1, 0.15) is 11.4 Å². The summed E-state index contributed by atoms with van der Waals surface area (Å²) in [5, 5.41) is 0. The van der Waals surface area contributed by atoms with Crippen molar-refractivity contribution in [1.29, 1.82) is 0 Å². The molecule has 1 aliphatic carbocycles. The predicted octanol–water partition coefficient (Wildman–Crippen LogP) is 3.19. The van der Waals surface area contributed by atoms with Gasteiger partial charge in [-0.15, -0.1) is 0 Å². The Kier molecular flexibility index (Phi) is 4.88. The van der Waals surface area contributed by atoms with Crippen LogP contribution < -0.4 is 4.74 Å². The first-order valence-electron chi connectivity index (χ1n) is 7.32. The summed E-state index contributed by atoms with van der Waals surface area (Å²) < 4.78 is 16.2. The molecule has 1 aromatic carbocycles. The highest BCUT2D eigenvalue weighted by Gasteiger charge is 2.45. The fraction of sp³-hybridized carbons (Fsp3) is 0.588. The minimum absolute atomic E-state index is 0.0140. The molecule has 0 heterocycles. The molecular formula is C17H24O4. The van der Waals surface area contributed by atoms with Gasteiger partial charge in [0.15, 0.2) is 0 Å². The first-order chi connectivity index (χ1) is 9.89. The highest BCUT2D eigenvalue weighted by Crippen LogP contribution is 2.40. The maximum Gasteiger partial charge on any atom is 0.309 e. The van der Waals surface area contributed by atoms with E-state index in [1.807, 2.05) is 45.0 Å². The molecule has 0 bridgehead atoms. The molecule has 2 rings (SSSR count). The maximum atomic E-state index is 11.8. The number of benzene rings is 1. The van der Waals surface area contributed by atoms with Gasteiger partial charge in [-0.25, -0.2) is 0 Å². The molecule has 0 amide bonds. The topological polar surface area (TPSA) is 44.8 Å². The van der Waals surface area contributed by atoms with Gasteiger partial charge in [0.05, 0.1) is 26.2 Å². The van der Waals surface area contributed by atoms with E-state index in [2.05, 4.69) is 0 Å². The summed E-state index contributed by atoms with van der Waals surface area (Å²) in [5.41, 5.74) is 0.694. The molecule has 0 aromatic heterocycles. The number of ether oxygens (including phenoxy) is 3. The summed E-state index contributed by atoms with van der Waals surface area (Å²) in [7, 11) is 1.65. The summed E-state index contributed by atoms with van der Waals surface area (Å²) in [6.45, 7) is 6.84. The predicted molar refractivity (Wildman–Crippen MR) is 80.1 cm³/mol. The Morgan fingerprint density at radius 3 is 2.48 bits per heavy atom. The van der Waals surface area contributed by atoms with Crippen molar-refractivity contribution >= 4 is 5.97 Å². The number of methoxy groups -OCH3 is 1. The second-order valence-corrected chi connectivity index (χ2v) is 6.50. The molecule has 0 radical (unpaired) electrons. The molecule has 21 heavy (non-hydrogen) atoms. The molecule has 1 aromatic rings. The molecule has 116 valence electrons. The van der Waals surface area contributed by atoms with Crippen molar-refractivity contribution in [2.24, 2.45) is 11.8 Å². The zero-order valence-electron chi connectivity index (χ0n) is 13.2. The Hall–Kier alpha value is -1.55. The number of hydrogen-bond donors (Lipinski definition) is 0. The Morgan fingerprint density at radius 2 is 1.90 bits per heavy atom. The first kappa shape index (κ1) is 15.8. The lowest BCUT2D eigenvalue weighted by Crippen LogP contribution is -2.25. The van der Waals surface area contributed by atoms with E-state index in [1.165, 1.54) is 0 Å². The van der Waals surface area contributed by atoms with Crippen molar-refractivity contribution in [3.8, 4) is 5.75 Å². The largest absolute Gasteiger partial charge is 0.497 e. The zero-order chi connectivity index (χ0) is 15.5. The van der Waals surface area contributed by atoms with Crippen LogP contribution in [0.3, 0.4) is 0 Å². The molecule has 0 spiro atoms. The summed E-state index contributed by atoms with van der Waals surface area (Å²) in [4.78, 5) is 11.8. The second-order valence-electron chi connectivity index (χ2n) is 6.50. The normalized spacial score (nSPS) is 21.0. The van der Waals surface area contributed by atoms with E-state index < -0.39 is 5.60 Å². The van der Waals surface area contributed by atoms with Gasteiger partial charge in [-0.2, -0.15) is 0 Å². The molecule has 4 heteroatoms. The van der Waals surface area contributed by atoms with E-state index in [0.29, 0.717) is 19.1 Å². The van der Waals surface area contributed by atoms with E-state index in [-0.39, 0.29) is 11.9 Å². The third kappa shape index (κ3) is 5.05. The standard InChI is InChI=1S/C17H24O4/c1-17(2,3)21-16(18)15-9-13(15)11-20-10-12-5-7-14(19-4)8-6-12/h5-8,13,15H,9-11H2,1-4H3. The van der Waals surface area contributed by atoms with E-state index in [4.69, 9.17) is 14.2 Å². The molecule has 2 atom stereocenters. The van der Waals surface area contributed by atoms with Crippen molar-refractivity contribution in [2.75, 3.05) is 13.7 Å². The van der Waals surface area contributed by atoms with Crippen molar-refractivity contribution in [1.82, 2.24) is 0 Å². The van der Waals surface area contributed by atoms with Gasteiger partial charge < -0.3 is 14.2 Å². The fourth-order valence-electron chi connectivity index (χ4n) is 2.15. The summed E-state index contributed by atoms with van der Waals surface area (Å²) in [6.07, 6.45) is 0.873. The van der Waals surface area contributed by atoms with Crippen molar-refractivity contribution in [2.45, 2.75) is 39.4 Å². The monoisotopic (exact) mass is 292 g/mol. The molecule has 1 aliphatic rings. The number of rotatable bonds is 6. The molecule has 2 unspecified atom stereocenters. The van der Waals surface area contributed by atoms with E-state index >= 15 is 0 Å². The summed E-state index contributed by atoms with van der Waals surface area (Å²) >= 11 is 0. The Morgan fingerprint density at radius 1 is 1.24 bits per heavy atom. The van der Waals surface area contributed by atoms with E-state index in [9.17, 15) is 4.79 Å². The van der Waals surface area contributed by atoms with Gasteiger partial charge in [-0.3, -0.25) is 4.79 Å². The van der Waals surface area contributed by atoms with Gasteiger partial charge in [0.25, 0.3) is 0 Å². The Balaban J connectivity index is 1.67. The van der Waals surface area contributed by atoms with Gasteiger partial charge in [-0.1, -0.05) is 12.1 Å². The van der Waals surface area contributed by atoms with Crippen LogP contribution in [0.5, 0.6) is 5.75 Å². The van der Waals surface area contributed by atoms with Crippen LogP contribution in [0, 0.1) is 11.8 Å². The summed E-state index contributed by atoms with van der Waals surface area (Å²) in [5.74, 6) is 1.06. The minimum atomic E-state index is -0.409. The smallest absolute Gasteiger partial charge is 0.309 e. The van der Waals surface area contributed by atoms with Gasteiger partial charge in [0.2, 0.25) is 0 Å². The van der Waals surface area contributed by atoms with Crippen LogP contribution in [0.1, 0.15) is 32.8 Å². The first-order valence-corrected chi connectivity index (χ1v) is 7.32. The van der Waals surface area contributed by atoms with Crippen LogP contribution in [0.25, 0.3) is 0 Å². The van der Waals surface area contributed by atoms with Crippen LogP contribution in [0.15, 0.2) is 24.3 Å². The van der Waals surface area contributed by atoms with Crippen LogP contribution in [-0.4, -0.2) is 25.3 Å². The second kappa shape index (κ2) is 6.48. The number of esters is 1. The minimum Gasteiger partial charge on any atom is -0.497 e. The average molecular weight is 292 g/mol. The maximum absolute atomic E-state index is 11.8. The van der Waals surface area contributed by atoms with Crippen molar-refractivity contribution < 1.29 is 19.0 Å². The third-order valence-electron chi connectivity index (χ3n) is 3.39. The van der Waals surface area contributed by atoms with Gasteiger partial charge >= 0.3 is 5.97 Å². The molecule has 4 nitrogen and oxygen atoms in total.